The summed E-state index contributed by atoms with van der Waals surface area (Å²) < 4.78 is 0. The van der Waals surface area contributed by atoms with Crippen LogP contribution in [-0.2, 0) is 32.1 Å². The first-order valence-electron chi connectivity index (χ1n) is 14.2. The van der Waals surface area contributed by atoms with Crippen molar-refractivity contribution < 1.29 is 39.6 Å². The average molecular weight is 591 g/mol. The normalized spacial score (nSPS) is 27.6. The largest absolute Gasteiger partial charge is 0.508 e. The van der Waals surface area contributed by atoms with Crippen LogP contribution in [0.3, 0.4) is 0 Å². The Morgan fingerprint density at radius 2 is 1.84 bits per heavy atom. The van der Waals surface area contributed by atoms with Crippen molar-refractivity contribution in [3.05, 3.63) is 57.9 Å². The van der Waals surface area contributed by atoms with Gasteiger partial charge in [0.05, 0.1) is 17.6 Å². The Morgan fingerprint density at radius 3 is 2.47 bits per heavy atom. The molecule has 1 aliphatic heterocycles. The number of nitrogens with two attached hydrogens (primary N) is 1. The number of phenolic OH excluding ortho intramolecular Hbond substituents is 1. The lowest BCUT2D eigenvalue weighted by molar-refractivity contribution is -0.153. The molecule has 6 rings (SSSR count). The van der Waals surface area contributed by atoms with Gasteiger partial charge in [0.2, 0.25) is 11.7 Å². The molecule has 7 N–H and O–H groups in total. The maximum absolute atomic E-state index is 14.0. The zero-order valence-corrected chi connectivity index (χ0v) is 24.0. The number of hydrogen-bond acceptors (Lipinski definition) is 10. The van der Waals surface area contributed by atoms with E-state index in [4.69, 9.17) is 5.73 Å². The lowest BCUT2D eigenvalue weighted by Gasteiger charge is -2.50. The van der Waals surface area contributed by atoms with Gasteiger partial charge in [-0.3, -0.25) is 29.0 Å². The van der Waals surface area contributed by atoms with Gasteiger partial charge in [0.1, 0.15) is 22.8 Å². The number of primary amides is 1. The van der Waals surface area contributed by atoms with Crippen LogP contribution in [0.1, 0.15) is 30.0 Å². The van der Waals surface area contributed by atoms with Gasteiger partial charge in [0.15, 0.2) is 11.4 Å². The summed E-state index contributed by atoms with van der Waals surface area (Å²) in [7, 11) is 3.13. The molecular weight excluding hydrogens is 556 g/mol. The Morgan fingerprint density at radius 1 is 1.14 bits per heavy atom. The van der Waals surface area contributed by atoms with Crippen LogP contribution in [0.4, 0.5) is 0 Å². The van der Waals surface area contributed by atoms with Crippen LogP contribution in [0.2, 0.25) is 0 Å². The number of likely N-dealkylation sites (tertiary alicyclic amines) is 1. The first kappa shape index (κ1) is 28.8. The number of benzene rings is 2. The minimum absolute atomic E-state index is 0.0405. The van der Waals surface area contributed by atoms with Gasteiger partial charge < -0.3 is 31.5 Å². The van der Waals surface area contributed by atoms with Crippen molar-refractivity contribution >= 4 is 39.9 Å². The summed E-state index contributed by atoms with van der Waals surface area (Å²) in [6, 6.07) is 6.47. The van der Waals surface area contributed by atoms with Crippen molar-refractivity contribution in [1.82, 2.24) is 15.1 Å². The van der Waals surface area contributed by atoms with Gasteiger partial charge >= 0.3 is 0 Å². The number of ketones is 2. The Bertz CT molecular complexity index is 1690. The highest BCUT2D eigenvalue weighted by atomic mass is 16.3. The van der Waals surface area contributed by atoms with Crippen LogP contribution < -0.4 is 11.1 Å². The molecule has 0 unspecified atom stereocenters. The number of aromatic hydroxyl groups is 1. The number of nitrogens with one attached hydrogen (secondary N) is 1. The Labute approximate surface area is 247 Å². The van der Waals surface area contributed by atoms with E-state index in [1.807, 2.05) is 24.3 Å². The molecule has 2 aromatic carbocycles. The topological polar surface area (TPSA) is 194 Å². The standard InChI is InChI=1S/C31H34N4O8/c1-13(36)33-18-11-35(12-18)10-14-4-5-15-7-16-8-17-9-20-24(34(2)3)27(39)23(30(32)42)29(41)31(20,43)28(40)22(17)26(38)21(16)25(37)19(15)6-14/h4-7,17-18,20,24,37-38,41,43H,8-12H2,1-3H3,(H2,32,42)(H,33,36)/t17-,20-,24-,31-/m0/s1. The number of nitrogens with zero attached hydrogens (tertiary/aromatic N) is 2. The predicted octanol–water partition coefficient (Wildman–Crippen LogP) is 0.438. The van der Waals surface area contributed by atoms with Crippen LogP contribution in [-0.4, -0.2) is 98.5 Å². The fraction of sp³-hybridized carbons (Fsp3) is 0.419. The lowest BCUT2D eigenvalue weighted by atomic mass is 9.57. The van der Waals surface area contributed by atoms with E-state index in [-0.39, 0.29) is 41.7 Å². The molecule has 0 spiro atoms. The number of fused-ring (bicyclic) bond motifs is 4. The molecule has 0 radical (unpaired) electrons. The van der Waals surface area contributed by atoms with Crippen molar-refractivity contribution in [3.63, 3.8) is 0 Å². The van der Waals surface area contributed by atoms with E-state index >= 15 is 0 Å². The molecule has 3 aliphatic carbocycles. The molecule has 1 heterocycles. The Balaban J connectivity index is 1.40. The predicted molar refractivity (Wildman–Crippen MR) is 155 cm³/mol. The summed E-state index contributed by atoms with van der Waals surface area (Å²) in [5.41, 5.74) is 3.27. The van der Waals surface area contributed by atoms with Crippen LogP contribution in [0, 0.1) is 11.8 Å². The fourth-order valence-corrected chi connectivity index (χ4v) is 7.49. The Hall–Kier alpha value is -4.26. The molecule has 1 saturated carbocycles. The van der Waals surface area contributed by atoms with Crippen molar-refractivity contribution in [2.45, 2.75) is 44.0 Å². The third-order valence-electron chi connectivity index (χ3n) is 9.36. The summed E-state index contributed by atoms with van der Waals surface area (Å²) in [5, 5.41) is 49.8. The quantitative estimate of drug-likeness (QED) is 0.266. The SMILES string of the molecule is CC(=O)NC1CN(Cc2ccc3cc4c(c(O)c3c2)C(O)=C2C(=O)[C@]3(O)C(O)=C(C(N)=O)C(=O)[C@@H](N(C)C)[C@@H]3C[C@@H]2C4)C1. The minimum atomic E-state index is -2.67. The minimum Gasteiger partial charge on any atom is -0.508 e. The summed E-state index contributed by atoms with van der Waals surface area (Å²) in [6.45, 7) is 3.47. The highest BCUT2D eigenvalue weighted by Crippen LogP contribution is 2.53. The smallest absolute Gasteiger partial charge is 0.255 e. The number of Topliss-reactive ketones (excluding diaryl/α,β-unsaturated/α-hetero) is 2. The van der Waals surface area contributed by atoms with Gasteiger partial charge in [-0.2, -0.15) is 0 Å². The van der Waals surface area contributed by atoms with E-state index in [2.05, 4.69) is 10.2 Å². The lowest BCUT2D eigenvalue weighted by Crippen LogP contribution is -2.65. The van der Waals surface area contributed by atoms with Crippen molar-refractivity contribution in [1.29, 1.82) is 0 Å². The van der Waals surface area contributed by atoms with Gasteiger partial charge in [-0.25, -0.2) is 0 Å². The van der Waals surface area contributed by atoms with Crippen molar-refractivity contribution in [2.24, 2.45) is 17.6 Å². The second kappa shape index (κ2) is 9.90. The number of rotatable bonds is 5. The molecule has 4 atom stereocenters. The summed E-state index contributed by atoms with van der Waals surface area (Å²) >= 11 is 0. The van der Waals surface area contributed by atoms with Crippen molar-refractivity contribution in [2.75, 3.05) is 27.2 Å². The van der Waals surface area contributed by atoms with Crippen molar-refractivity contribution in [3.8, 4) is 5.75 Å². The van der Waals surface area contributed by atoms with Crippen LogP contribution in [0.5, 0.6) is 5.75 Å². The number of carbonyl (C=O) groups excluding carboxylic acids is 4. The maximum Gasteiger partial charge on any atom is 0.255 e. The number of amides is 2. The highest BCUT2D eigenvalue weighted by Gasteiger charge is 2.64. The molecule has 4 aliphatic rings. The number of aliphatic hydroxyl groups is 3. The van der Waals surface area contributed by atoms with E-state index < -0.39 is 58.0 Å². The molecule has 2 aromatic rings. The van der Waals surface area contributed by atoms with E-state index in [1.54, 1.807) is 14.1 Å². The second-order valence-electron chi connectivity index (χ2n) is 12.4. The molecule has 0 aromatic heterocycles. The van der Waals surface area contributed by atoms with Crippen LogP contribution in [0.15, 0.2) is 41.2 Å². The maximum atomic E-state index is 14.0. The molecule has 12 heteroatoms. The first-order chi connectivity index (χ1) is 20.2. The van der Waals surface area contributed by atoms with E-state index in [0.717, 1.165) is 10.9 Å². The second-order valence-corrected chi connectivity index (χ2v) is 12.4. The molecule has 0 bridgehead atoms. The first-order valence-corrected chi connectivity index (χ1v) is 14.2. The van der Waals surface area contributed by atoms with Gasteiger partial charge in [-0.15, -0.1) is 0 Å². The van der Waals surface area contributed by atoms with E-state index in [0.29, 0.717) is 30.6 Å². The number of carbonyl (C=O) groups is 4. The Kier molecular flexibility index (Phi) is 6.64. The van der Waals surface area contributed by atoms with E-state index in [9.17, 15) is 39.6 Å². The molecule has 2 amide bonds. The molecule has 226 valence electrons. The molecular formula is C31H34N4O8. The number of phenols is 1. The zero-order valence-electron chi connectivity index (χ0n) is 24.0. The van der Waals surface area contributed by atoms with Crippen LogP contribution in [0.25, 0.3) is 16.5 Å². The number of aliphatic hydroxyl groups excluding tert-OH is 2. The fourth-order valence-electron chi connectivity index (χ4n) is 7.49. The van der Waals surface area contributed by atoms with Gasteiger partial charge in [0, 0.05) is 43.4 Å². The van der Waals surface area contributed by atoms with Gasteiger partial charge in [-0.1, -0.05) is 18.2 Å². The molecule has 2 fully saturated rings. The van der Waals surface area contributed by atoms with E-state index in [1.165, 1.54) is 11.8 Å². The number of hydrogen-bond donors (Lipinski definition) is 6. The molecule has 43 heavy (non-hydrogen) atoms. The monoisotopic (exact) mass is 590 g/mol. The summed E-state index contributed by atoms with van der Waals surface area (Å²) in [5.74, 6) is -6.74. The van der Waals surface area contributed by atoms with Crippen LogP contribution >= 0.6 is 0 Å². The molecule has 1 saturated heterocycles. The third-order valence-corrected chi connectivity index (χ3v) is 9.36. The third kappa shape index (κ3) is 4.23. The number of likely N-dealkylation sites (N-methyl/N-ethyl adjacent to an activating group) is 1. The molecule has 12 nitrogen and oxygen atoms in total. The van der Waals surface area contributed by atoms with Gasteiger partial charge in [-0.05, 0) is 55.4 Å². The van der Waals surface area contributed by atoms with Gasteiger partial charge in [0.25, 0.3) is 5.91 Å². The average Bonchev–Trinajstić information content (AvgIpc) is 2.89. The summed E-state index contributed by atoms with van der Waals surface area (Å²) in [6.07, 6.45) is 0.275. The zero-order chi connectivity index (χ0) is 31.1. The highest BCUT2D eigenvalue weighted by molar-refractivity contribution is 6.24. The summed E-state index contributed by atoms with van der Waals surface area (Å²) in [4.78, 5) is 54.3.